The van der Waals surface area contributed by atoms with Crippen molar-refractivity contribution < 1.29 is 5.11 Å². The van der Waals surface area contributed by atoms with Crippen LogP contribution in [0.4, 0.5) is 0 Å². The van der Waals surface area contributed by atoms with E-state index in [-0.39, 0.29) is 21.8 Å². The summed E-state index contributed by atoms with van der Waals surface area (Å²) in [4.78, 5) is 0.108. The van der Waals surface area contributed by atoms with E-state index in [2.05, 4.69) is 55.1 Å². The standard InChI is InChI=1S/C15H21BrO/c1-10-5-7-15(8-6-10)11(2)9-12(17)13(16)14(15,3)4/h5,7,12-13,17H,1-2,6,8-9H2,3-4H3/t12-,13-,15+/m0/s1. The number of aliphatic hydroxyl groups excluding tert-OH is 1. The molecule has 0 radical (unpaired) electrons. The van der Waals surface area contributed by atoms with Crippen LogP contribution >= 0.6 is 15.9 Å². The lowest BCUT2D eigenvalue weighted by Gasteiger charge is -2.55. The maximum Gasteiger partial charge on any atom is 0.0708 e. The van der Waals surface area contributed by atoms with Gasteiger partial charge in [-0.25, -0.2) is 0 Å². The van der Waals surface area contributed by atoms with Crippen LogP contribution in [0, 0.1) is 10.8 Å². The van der Waals surface area contributed by atoms with E-state index in [1.165, 1.54) is 5.57 Å². The van der Waals surface area contributed by atoms with Crippen molar-refractivity contribution in [3.05, 3.63) is 36.5 Å². The Balaban J connectivity index is 2.47. The first-order valence-corrected chi connectivity index (χ1v) is 7.10. The first-order valence-electron chi connectivity index (χ1n) is 6.19. The van der Waals surface area contributed by atoms with Crippen LogP contribution < -0.4 is 0 Å². The van der Waals surface area contributed by atoms with Gasteiger partial charge < -0.3 is 5.11 Å². The quantitative estimate of drug-likeness (QED) is 0.529. The molecular formula is C15H21BrO. The molecule has 17 heavy (non-hydrogen) atoms. The summed E-state index contributed by atoms with van der Waals surface area (Å²) in [7, 11) is 0. The number of halogens is 1. The Bertz CT molecular complexity index is 394. The van der Waals surface area contributed by atoms with Crippen LogP contribution in [0.2, 0.25) is 0 Å². The smallest absolute Gasteiger partial charge is 0.0708 e. The summed E-state index contributed by atoms with van der Waals surface area (Å²) in [6.07, 6.45) is 6.84. The third-order valence-corrected chi connectivity index (χ3v) is 6.46. The van der Waals surface area contributed by atoms with Crippen LogP contribution in [0.3, 0.4) is 0 Å². The number of aliphatic hydroxyl groups is 1. The van der Waals surface area contributed by atoms with Crippen LogP contribution in [0.5, 0.6) is 0 Å². The molecule has 0 aromatic heterocycles. The molecule has 0 amide bonds. The monoisotopic (exact) mass is 296 g/mol. The molecule has 2 aliphatic carbocycles. The number of rotatable bonds is 0. The van der Waals surface area contributed by atoms with Crippen molar-refractivity contribution in [1.29, 1.82) is 0 Å². The lowest BCUT2D eigenvalue weighted by atomic mass is 9.52. The molecule has 0 saturated heterocycles. The van der Waals surface area contributed by atoms with E-state index in [1.807, 2.05) is 0 Å². The summed E-state index contributed by atoms with van der Waals surface area (Å²) in [6.45, 7) is 12.7. The van der Waals surface area contributed by atoms with Gasteiger partial charge in [0.25, 0.3) is 0 Å². The van der Waals surface area contributed by atoms with Gasteiger partial charge in [0.05, 0.1) is 6.10 Å². The highest BCUT2D eigenvalue weighted by Crippen LogP contribution is 2.59. The predicted octanol–water partition coefficient (Wildman–Crippen LogP) is 3.99. The third kappa shape index (κ3) is 1.77. The van der Waals surface area contributed by atoms with Crippen molar-refractivity contribution in [2.45, 2.75) is 44.0 Å². The van der Waals surface area contributed by atoms with Crippen molar-refractivity contribution in [2.24, 2.45) is 10.8 Å². The molecule has 1 nitrogen and oxygen atoms in total. The molecule has 0 unspecified atom stereocenters. The summed E-state index contributed by atoms with van der Waals surface area (Å²) in [5.74, 6) is 0. The second-order valence-corrected chi connectivity index (χ2v) is 6.95. The minimum atomic E-state index is -0.332. The Morgan fingerprint density at radius 2 is 2.06 bits per heavy atom. The molecule has 0 aromatic rings. The maximum atomic E-state index is 10.1. The van der Waals surface area contributed by atoms with Crippen LogP contribution in [0.25, 0.3) is 0 Å². The lowest BCUT2D eigenvalue weighted by molar-refractivity contribution is 0.0288. The van der Waals surface area contributed by atoms with Gasteiger partial charge in [0, 0.05) is 10.2 Å². The molecule has 2 heteroatoms. The van der Waals surface area contributed by atoms with Gasteiger partial charge in [-0.15, -0.1) is 0 Å². The number of allylic oxidation sites excluding steroid dienone is 3. The van der Waals surface area contributed by atoms with E-state index < -0.39 is 0 Å². The second kappa shape index (κ2) is 4.10. The lowest BCUT2D eigenvalue weighted by Crippen LogP contribution is -2.53. The van der Waals surface area contributed by atoms with Crippen LogP contribution in [0.15, 0.2) is 36.5 Å². The molecule has 0 aromatic carbocycles. The van der Waals surface area contributed by atoms with Crippen LogP contribution in [-0.4, -0.2) is 16.0 Å². The highest BCUT2D eigenvalue weighted by atomic mass is 79.9. The fraction of sp³-hybridized carbons (Fsp3) is 0.600. The molecule has 0 heterocycles. The summed E-state index contributed by atoms with van der Waals surface area (Å²) < 4.78 is 0. The zero-order chi connectivity index (χ0) is 12.8. The Kier molecular flexibility index (Phi) is 3.16. The third-order valence-electron chi connectivity index (χ3n) is 4.71. The van der Waals surface area contributed by atoms with Gasteiger partial charge in [-0.2, -0.15) is 0 Å². The Morgan fingerprint density at radius 3 is 2.59 bits per heavy atom. The van der Waals surface area contributed by atoms with Crippen molar-refractivity contribution in [2.75, 3.05) is 0 Å². The van der Waals surface area contributed by atoms with Gasteiger partial charge in [0.1, 0.15) is 0 Å². The first-order chi connectivity index (χ1) is 7.81. The summed E-state index contributed by atoms with van der Waals surface area (Å²) in [5.41, 5.74) is 2.33. The largest absolute Gasteiger partial charge is 0.392 e. The van der Waals surface area contributed by atoms with E-state index in [0.29, 0.717) is 6.42 Å². The van der Waals surface area contributed by atoms with Crippen molar-refractivity contribution in [1.82, 2.24) is 0 Å². The van der Waals surface area contributed by atoms with Gasteiger partial charge >= 0.3 is 0 Å². The van der Waals surface area contributed by atoms with E-state index in [0.717, 1.165) is 18.4 Å². The average Bonchev–Trinajstić information content (AvgIpc) is 2.27. The molecule has 2 aliphatic rings. The van der Waals surface area contributed by atoms with Gasteiger partial charge in [0.15, 0.2) is 0 Å². The van der Waals surface area contributed by atoms with Crippen molar-refractivity contribution in [3.8, 4) is 0 Å². The van der Waals surface area contributed by atoms with E-state index in [1.54, 1.807) is 0 Å². The van der Waals surface area contributed by atoms with Gasteiger partial charge in [-0.3, -0.25) is 0 Å². The van der Waals surface area contributed by atoms with Crippen molar-refractivity contribution in [3.63, 3.8) is 0 Å². The minimum Gasteiger partial charge on any atom is -0.392 e. The molecule has 94 valence electrons. The molecule has 1 spiro atoms. The predicted molar refractivity (Wildman–Crippen MR) is 76.2 cm³/mol. The highest BCUT2D eigenvalue weighted by Gasteiger charge is 2.54. The molecule has 1 saturated carbocycles. The molecule has 1 fully saturated rings. The van der Waals surface area contributed by atoms with E-state index >= 15 is 0 Å². The summed E-state index contributed by atoms with van der Waals surface area (Å²) >= 11 is 3.68. The Hall–Kier alpha value is -0.340. The number of alkyl halides is 1. The van der Waals surface area contributed by atoms with Crippen LogP contribution in [-0.2, 0) is 0 Å². The SMILES string of the molecule is C=C1C=C[C@@]2(CC1)C(=C)C[C@H](O)[C@H](Br)C2(C)C. The maximum absolute atomic E-state index is 10.1. The molecule has 3 atom stereocenters. The average molecular weight is 297 g/mol. The van der Waals surface area contributed by atoms with Gasteiger partial charge in [-0.05, 0) is 24.7 Å². The second-order valence-electron chi connectivity index (χ2n) is 5.96. The number of hydrogen-bond donors (Lipinski definition) is 1. The Labute approximate surface area is 112 Å². The first kappa shape index (κ1) is 13.1. The van der Waals surface area contributed by atoms with Gasteiger partial charge in [-0.1, -0.05) is 66.2 Å². The summed E-state index contributed by atoms with van der Waals surface area (Å²) in [5, 5.41) is 10.1. The molecule has 2 rings (SSSR count). The number of hydrogen-bond acceptors (Lipinski definition) is 1. The minimum absolute atomic E-state index is 0.00157. The normalized spacial score (nSPS) is 40.9. The zero-order valence-corrected chi connectivity index (χ0v) is 12.3. The van der Waals surface area contributed by atoms with Crippen LogP contribution in [0.1, 0.15) is 33.1 Å². The molecule has 1 N–H and O–H groups in total. The topological polar surface area (TPSA) is 20.2 Å². The van der Waals surface area contributed by atoms with Gasteiger partial charge in [0.2, 0.25) is 0 Å². The van der Waals surface area contributed by atoms with E-state index in [4.69, 9.17) is 0 Å². The van der Waals surface area contributed by atoms with Crippen molar-refractivity contribution >= 4 is 15.9 Å². The fourth-order valence-electron chi connectivity index (χ4n) is 3.34. The van der Waals surface area contributed by atoms with E-state index in [9.17, 15) is 5.11 Å². The fourth-order valence-corrected chi connectivity index (χ4v) is 3.93. The Morgan fingerprint density at radius 1 is 1.41 bits per heavy atom. The highest BCUT2D eigenvalue weighted by molar-refractivity contribution is 9.09. The summed E-state index contributed by atoms with van der Waals surface area (Å²) in [6, 6.07) is 0. The molecular weight excluding hydrogens is 276 g/mol. The zero-order valence-electron chi connectivity index (χ0n) is 10.7. The molecule has 0 bridgehead atoms. The molecule has 0 aliphatic heterocycles.